The van der Waals surface area contributed by atoms with Crippen LogP contribution in [0.1, 0.15) is 25.3 Å². The van der Waals surface area contributed by atoms with E-state index in [2.05, 4.69) is 10.6 Å². The van der Waals surface area contributed by atoms with Gasteiger partial charge in [-0.05, 0) is 24.1 Å². The average Bonchev–Trinajstić information content (AvgIpc) is 2.36. The Hall–Kier alpha value is -1.26. The van der Waals surface area contributed by atoms with Gasteiger partial charge in [0.15, 0.2) is 0 Å². The first kappa shape index (κ1) is 14.8. The Morgan fingerprint density at radius 3 is 2.61 bits per heavy atom. The highest BCUT2D eigenvalue weighted by molar-refractivity contribution is 6.30. The number of nitrogens with one attached hydrogen (secondary N) is 2. The molecule has 0 aliphatic heterocycles. The molecule has 0 radical (unpaired) electrons. The topological polar surface area (TPSA) is 61.4 Å². The maximum atomic E-state index is 11.4. The minimum Gasteiger partial charge on any atom is -0.391 e. The number of amides is 2. The molecule has 5 heteroatoms. The zero-order valence-electron chi connectivity index (χ0n) is 10.4. The zero-order valence-corrected chi connectivity index (χ0v) is 11.2. The third kappa shape index (κ3) is 5.89. The third-order valence-electron chi connectivity index (χ3n) is 2.49. The van der Waals surface area contributed by atoms with Gasteiger partial charge < -0.3 is 15.7 Å². The smallest absolute Gasteiger partial charge is 0.315 e. The van der Waals surface area contributed by atoms with E-state index in [-0.39, 0.29) is 12.6 Å². The van der Waals surface area contributed by atoms with E-state index in [1.807, 2.05) is 19.1 Å². The summed E-state index contributed by atoms with van der Waals surface area (Å²) in [6.07, 6.45) is 1.11. The van der Waals surface area contributed by atoms with Crippen LogP contribution in [0.2, 0.25) is 5.02 Å². The lowest BCUT2D eigenvalue weighted by Crippen LogP contribution is -2.39. The van der Waals surface area contributed by atoms with Crippen LogP contribution in [0, 0.1) is 0 Å². The van der Waals surface area contributed by atoms with E-state index in [0.29, 0.717) is 18.0 Å². The van der Waals surface area contributed by atoms with E-state index in [9.17, 15) is 9.90 Å². The fourth-order valence-corrected chi connectivity index (χ4v) is 1.62. The summed E-state index contributed by atoms with van der Waals surface area (Å²) in [5.74, 6) is 0. The van der Waals surface area contributed by atoms with Crippen LogP contribution in [0.5, 0.6) is 0 Å². The van der Waals surface area contributed by atoms with Crippen LogP contribution in [0.3, 0.4) is 0 Å². The summed E-state index contributed by atoms with van der Waals surface area (Å²) in [7, 11) is 0. The molecule has 1 aromatic rings. The first-order chi connectivity index (χ1) is 8.61. The van der Waals surface area contributed by atoms with E-state index < -0.39 is 6.10 Å². The monoisotopic (exact) mass is 270 g/mol. The molecule has 0 fully saturated rings. The molecule has 100 valence electrons. The van der Waals surface area contributed by atoms with Crippen LogP contribution in [0.25, 0.3) is 0 Å². The predicted molar refractivity (Wildman–Crippen MR) is 72.6 cm³/mol. The van der Waals surface area contributed by atoms with Gasteiger partial charge in [0.25, 0.3) is 0 Å². The van der Waals surface area contributed by atoms with Crippen LogP contribution in [0.15, 0.2) is 24.3 Å². The minimum absolute atomic E-state index is 0.278. The number of carbonyl (C=O) groups is 1. The molecule has 1 unspecified atom stereocenters. The van der Waals surface area contributed by atoms with Crippen molar-refractivity contribution in [2.24, 2.45) is 0 Å². The van der Waals surface area contributed by atoms with Crippen molar-refractivity contribution in [2.75, 3.05) is 6.54 Å². The summed E-state index contributed by atoms with van der Waals surface area (Å²) in [6.45, 7) is 2.71. The largest absolute Gasteiger partial charge is 0.391 e. The molecule has 3 N–H and O–H groups in total. The number of halogens is 1. The number of hydrogen-bond acceptors (Lipinski definition) is 2. The fourth-order valence-electron chi connectivity index (χ4n) is 1.49. The normalized spacial score (nSPS) is 11.9. The van der Waals surface area contributed by atoms with Crippen molar-refractivity contribution >= 4 is 17.6 Å². The van der Waals surface area contributed by atoms with E-state index in [1.165, 1.54) is 0 Å². The molecule has 0 saturated carbocycles. The molecule has 4 nitrogen and oxygen atoms in total. The molecular formula is C13H19ClN2O2. The maximum Gasteiger partial charge on any atom is 0.315 e. The summed E-state index contributed by atoms with van der Waals surface area (Å²) in [4.78, 5) is 11.4. The number of urea groups is 1. The van der Waals surface area contributed by atoms with Gasteiger partial charge in [0.05, 0.1) is 6.10 Å². The zero-order chi connectivity index (χ0) is 13.4. The van der Waals surface area contributed by atoms with Gasteiger partial charge in [0.2, 0.25) is 0 Å². The molecule has 1 rings (SSSR count). The highest BCUT2D eigenvalue weighted by Crippen LogP contribution is 2.08. The predicted octanol–water partition coefficient (Wildman–Crippen LogP) is 2.30. The second-order valence-electron chi connectivity index (χ2n) is 4.13. The van der Waals surface area contributed by atoms with E-state index in [4.69, 9.17) is 11.6 Å². The van der Waals surface area contributed by atoms with Crippen molar-refractivity contribution in [2.45, 2.75) is 32.4 Å². The second kappa shape index (κ2) is 7.95. The van der Waals surface area contributed by atoms with Crippen molar-refractivity contribution in [3.63, 3.8) is 0 Å². The first-order valence-corrected chi connectivity index (χ1v) is 6.43. The van der Waals surface area contributed by atoms with Gasteiger partial charge >= 0.3 is 6.03 Å². The highest BCUT2D eigenvalue weighted by Gasteiger charge is 2.05. The van der Waals surface area contributed by atoms with Crippen molar-refractivity contribution in [1.29, 1.82) is 0 Å². The van der Waals surface area contributed by atoms with Crippen LogP contribution < -0.4 is 10.6 Å². The molecule has 1 aromatic carbocycles. The first-order valence-electron chi connectivity index (χ1n) is 6.06. The number of rotatable bonds is 6. The van der Waals surface area contributed by atoms with Crippen LogP contribution >= 0.6 is 11.6 Å². The molecule has 0 aliphatic carbocycles. The van der Waals surface area contributed by atoms with Gasteiger partial charge in [-0.3, -0.25) is 0 Å². The Balaban J connectivity index is 2.22. The van der Waals surface area contributed by atoms with Crippen molar-refractivity contribution in [1.82, 2.24) is 10.6 Å². The second-order valence-corrected chi connectivity index (χ2v) is 4.57. The fraction of sp³-hybridized carbons (Fsp3) is 0.462. The summed E-state index contributed by atoms with van der Waals surface area (Å²) >= 11 is 5.76. The van der Waals surface area contributed by atoms with Crippen LogP contribution in [-0.2, 0) is 6.54 Å². The molecule has 18 heavy (non-hydrogen) atoms. The molecule has 0 heterocycles. The highest BCUT2D eigenvalue weighted by atomic mass is 35.5. The van der Waals surface area contributed by atoms with Crippen molar-refractivity contribution in [3.8, 4) is 0 Å². The molecule has 0 spiro atoms. The van der Waals surface area contributed by atoms with Crippen molar-refractivity contribution < 1.29 is 9.90 Å². The number of benzene rings is 1. The van der Waals surface area contributed by atoms with Crippen molar-refractivity contribution in [3.05, 3.63) is 34.9 Å². The Morgan fingerprint density at radius 2 is 2.00 bits per heavy atom. The lowest BCUT2D eigenvalue weighted by Gasteiger charge is -2.11. The molecule has 0 bridgehead atoms. The quantitative estimate of drug-likeness (QED) is 0.743. The summed E-state index contributed by atoms with van der Waals surface area (Å²) in [6, 6.07) is 6.99. The Bertz CT molecular complexity index is 368. The average molecular weight is 271 g/mol. The molecular weight excluding hydrogens is 252 g/mol. The summed E-state index contributed by atoms with van der Waals surface area (Å²) in [5.41, 5.74) is 0.976. The van der Waals surface area contributed by atoms with Crippen LogP contribution in [-0.4, -0.2) is 23.8 Å². The Labute approximate surface area is 112 Å². The molecule has 2 amide bonds. The standard InChI is InChI=1S/C13H19ClN2O2/c1-2-3-12(17)9-16-13(18)15-8-10-4-6-11(14)7-5-10/h4-7,12,17H,2-3,8-9H2,1H3,(H2,15,16,18). The third-order valence-corrected chi connectivity index (χ3v) is 2.74. The lowest BCUT2D eigenvalue weighted by atomic mass is 10.2. The van der Waals surface area contributed by atoms with E-state index in [0.717, 1.165) is 12.0 Å². The van der Waals surface area contributed by atoms with Gasteiger partial charge in [0.1, 0.15) is 0 Å². The summed E-state index contributed by atoms with van der Waals surface area (Å²) < 4.78 is 0. The van der Waals surface area contributed by atoms with Gasteiger partial charge in [-0.15, -0.1) is 0 Å². The number of carbonyl (C=O) groups excluding carboxylic acids is 1. The molecule has 0 aromatic heterocycles. The van der Waals surface area contributed by atoms with Gasteiger partial charge in [0, 0.05) is 18.1 Å². The Kier molecular flexibility index (Phi) is 6.54. The van der Waals surface area contributed by atoms with Gasteiger partial charge in [-0.25, -0.2) is 4.79 Å². The lowest BCUT2D eigenvalue weighted by molar-refractivity contribution is 0.160. The van der Waals surface area contributed by atoms with Gasteiger partial charge in [-0.2, -0.15) is 0 Å². The molecule has 1 atom stereocenters. The maximum absolute atomic E-state index is 11.4. The molecule has 0 saturated heterocycles. The number of aliphatic hydroxyl groups excluding tert-OH is 1. The Morgan fingerprint density at radius 1 is 1.33 bits per heavy atom. The summed E-state index contributed by atoms with van der Waals surface area (Å²) in [5, 5.41) is 15.5. The van der Waals surface area contributed by atoms with Crippen LogP contribution in [0.4, 0.5) is 4.79 Å². The molecule has 0 aliphatic rings. The minimum atomic E-state index is -0.476. The SMILES string of the molecule is CCCC(O)CNC(=O)NCc1ccc(Cl)cc1. The van der Waals surface area contributed by atoms with E-state index in [1.54, 1.807) is 12.1 Å². The number of aliphatic hydroxyl groups is 1. The van der Waals surface area contributed by atoms with E-state index >= 15 is 0 Å². The number of hydrogen-bond donors (Lipinski definition) is 3. The van der Waals surface area contributed by atoms with Gasteiger partial charge in [-0.1, -0.05) is 37.1 Å².